The number of guanidine groups is 1. The van der Waals surface area contributed by atoms with Crippen molar-refractivity contribution < 1.29 is 4.74 Å². The van der Waals surface area contributed by atoms with Crippen LogP contribution in [0.25, 0.3) is 0 Å². The summed E-state index contributed by atoms with van der Waals surface area (Å²) >= 11 is 1.76. The van der Waals surface area contributed by atoms with Crippen LogP contribution in [0.15, 0.2) is 11.2 Å². The molecule has 22 heavy (non-hydrogen) atoms. The summed E-state index contributed by atoms with van der Waals surface area (Å²) in [5.74, 6) is 1.71. The van der Waals surface area contributed by atoms with Crippen molar-refractivity contribution in [2.75, 3.05) is 33.9 Å². The smallest absolute Gasteiger partial charge is 0.193 e. The number of aromatic nitrogens is 1. The lowest BCUT2D eigenvalue weighted by Crippen LogP contribution is -2.40. The predicted molar refractivity (Wildman–Crippen MR) is 103 cm³/mol. The summed E-state index contributed by atoms with van der Waals surface area (Å²) in [7, 11) is 3.85. The second kappa shape index (κ2) is 10.4. The molecule has 1 aromatic heterocycles. The highest BCUT2D eigenvalue weighted by Crippen LogP contribution is 2.28. The Hall–Kier alpha value is -0.410. The molecule has 126 valence electrons. The summed E-state index contributed by atoms with van der Waals surface area (Å²) in [6.07, 6.45) is 5.68. The normalized spacial score (nSPS) is 14.6. The van der Waals surface area contributed by atoms with Crippen LogP contribution in [0.3, 0.4) is 0 Å². The van der Waals surface area contributed by atoms with Crippen molar-refractivity contribution in [1.82, 2.24) is 15.2 Å². The molecule has 0 amide bonds. The van der Waals surface area contributed by atoms with Crippen LogP contribution in [-0.2, 0) is 17.7 Å². The summed E-state index contributed by atoms with van der Waals surface area (Å²) in [4.78, 5) is 12.1. The maximum atomic E-state index is 5.67. The zero-order chi connectivity index (χ0) is 15.1. The highest BCUT2D eigenvalue weighted by molar-refractivity contribution is 14.0. The molecule has 0 aliphatic heterocycles. The van der Waals surface area contributed by atoms with Crippen molar-refractivity contribution in [1.29, 1.82) is 0 Å². The van der Waals surface area contributed by atoms with E-state index in [0.29, 0.717) is 0 Å². The van der Waals surface area contributed by atoms with Crippen LogP contribution in [0.4, 0.5) is 0 Å². The van der Waals surface area contributed by atoms with E-state index in [9.17, 15) is 0 Å². The molecule has 0 aromatic carbocycles. The van der Waals surface area contributed by atoms with Crippen LogP contribution >= 0.6 is 35.3 Å². The van der Waals surface area contributed by atoms with E-state index in [-0.39, 0.29) is 24.0 Å². The van der Waals surface area contributed by atoms with Crippen LogP contribution in [0.1, 0.15) is 29.7 Å². The van der Waals surface area contributed by atoms with Gasteiger partial charge in [-0.25, -0.2) is 4.98 Å². The number of hydrogen-bond acceptors (Lipinski definition) is 4. The predicted octanol–water partition coefficient (Wildman–Crippen LogP) is 2.76. The van der Waals surface area contributed by atoms with Gasteiger partial charge >= 0.3 is 0 Å². The number of nitrogens with one attached hydrogen (secondary N) is 1. The number of aliphatic imine (C=N–C) groups is 1. The quantitative estimate of drug-likeness (QED) is 0.294. The van der Waals surface area contributed by atoms with Crippen LogP contribution in [0.5, 0.6) is 0 Å². The van der Waals surface area contributed by atoms with Gasteiger partial charge in [0.05, 0.1) is 13.2 Å². The fraction of sp³-hybridized carbons (Fsp3) is 0.733. The average molecular weight is 438 g/mol. The maximum Gasteiger partial charge on any atom is 0.193 e. The fourth-order valence-electron chi connectivity index (χ4n) is 1.97. The van der Waals surface area contributed by atoms with E-state index in [0.717, 1.165) is 49.6 Å². The summed E-state index contributed by atoms with van der Waals surface area (Å²) in [5, 5.41) is 4.46. The third-order valence-electron chi connectivity index (χ3n) is 3.54. The van der Waals surface area contributed by atoms with Gasteiger partial charge < -0.3 is 15.0 Å². The SMILES string of the molecule is CCc1cnc(CNC(=NC)N(C)CCOCC2CC2)s1.I. The van der Waals surface area contributed by atoms with Gasteiger partial charge in [-0.1, -0.05) is 6.92 Å². The molecule has 1 fully saturated rings. The summed E-state index contributed by atoms with van der Waals surface area (Å²) < 4.78 is 5.67. The van der Waals surface area contributed by atoms with Gasteiger partial charge in [0.2, 0.25) is 0 Å². The van der Waals surface area contributed by atoms with Crippen LogP contribution in [0, 0.1) is 5.92 Å². The summed E-state index contributed by atoms with van der Waals surface area (Å²) in [6.45, 7) is 5.40. The number of ether oxygens (including phenoxy) is 1. The van der Waals surface area contributed by atoms with Gasteiger partial charge in [-0.3, -0.25) is 4.99 Å². The van der Waals surface area contributed by atoms with Gasteiger partial charge in [0.25, 0.3) is 0 Å². The van der Waals surface area contributed by atoms with E-state index < -0.39 is 0 Å². The van der Waals surface area contributed by atoms with E-state index in [4.69, 9.17) is 4.74 Å². The van der Waals surface area contributed by atoms with Crippen LogP contribution in [0.2, 0.25) is 0 Å². The van der Waals surface area contributed by atoms with Gasteiger partial charge in [0.15, 0.2) is 5.96 Å². The second-order valence-electron chi connectivity index (χ2n) is 5.41. The number of aryl methyl sites for hydroxylation is 1. The first-order valence-electron chi connectivity index (χ1n) is 7.66. The Morgan fingerprint density at radius 1 is 1.55 bits per heavy atom. The molecule has 0 spiro atoms. The van der Waals surface area contributed by atoms with E-state index in [2.05, 4.69) is 27.1 Å². The van der Waals surface area contributed by atoms with E-state index in [1.165, 1.54) is 17.7 Å². The Morgan fingerprint density at radius 3 is 2.91 bits per heavy atom. The molecule has 7 heteroatoms. The van der Waals surface area contributed by atoms with Crippen molar-refractivity contribution in [3.8, 4) is 0 Å². The maximum absolute atomic E-state index is 5.67. The molecule has 0 radical (unpaired) electrons. The minimum absolute atomic E-state index is 0. The molecule has 1 aromatic rings. The Kier molecular flexibility index (Phi) is 9.27. The monoisotopic (exact) mass is 438 g/mol. The topological polar surface area (TPSA) is 49.8 Å². The first kappa shape index (κ1) is 19.6. The van der Waals surface area contributed by atoms with Gasteiger partial charge in [-0.15, -0.1) is 35.3 Å². The molecule has 0 bridgehead atoms. The molecule has 5 nitrogen and oxygen atoms in total. The Bertz CT molecular complexity index is 462. The lowest BCUT2D eigenvalue weighted by molar-refractivity contribution is 0.115. The molecule has 0 saturated heterocycles. The number of rotatable bonds is 8. The van der Waals surface area contributed by atoms with E-state index in [1.54, 1.807) is 11.3 Å². The zero-order valence-corrected chi connectivity index (χ0v) is 16.8. The van der Waals surface area contributed by atoms with Crippen molar-refractivity contribution in [3.63, 3.8) is 0 Å². The number of thiazole rings is 1. The average Bonchev–Trinajstić information content (AvgIpc) is 3.21. The highest BCUT2D eigenvalue weighted by atomic mass is 127. The highest BCUT2D eigenvalue weighted by Gasteiger charge is 2.21. The van der Waals surface area contributed by atoms with Crippen molar-refractivity contribution in [2.24, 2.45) is 10.9 Å². The molecule has 1 heterocycles. The lowest BCUT2D eigenvalue weighted by atomic mass is 10.4. The first-order chi connectivity index (χ1) is 10.2. The van der Waals surface area contributed by atoms with E-state index in [1.807, 2.05) is 20.3 Å². The Balaban J connectivity index is 0.00000242. The number of nitrogens with zero attached hydrogens (tertiary/aromatic N) is 3. The molecule has 1 aliphatic carbocycles. The lowest BCUT2D eigenvalue weighted by Gasteiger charge is -2.21. The van der Waals surface area contributed by atoms with Crippen molar-refractivity contribution >= 4 is 41.3 Å². The summed E-state index contributed by atoms with van der Waals surface area (Å²) in [5.41, 5.74) is 0. The first-order valence-corrected chi connectivity index (χ1v) is 8.47. The molecule has 1 aliphatic rings. The van der Waals surface area contributed by atoms with Gasteiger partial charge in [-0.05, 0) is 25.2 Å². The number of likely N-dealkylation sites (N-methyl/N-ethyl adjacent to an activating group) is 1. The Morgan fingerprint density at radius 2 is 2.32 bits per heavy atom. The molecule has 1 N–H and O–H groups in total. The minimum atomic E-state index is 0. The molecule has 2 rings (SSSR count). The zero-order valence-electron chi connectivity index (χ0n) is 13.7. The molecule has 1 saturated carbocycles. The van der Waals surface area contributed by atoms with Gasteiger partial charge in [0.1, 0.15) is 5.01 Å². The Labute approximate surface area is 154 Å². The van der Waals surface area contributed by atoms with Gasteiger partial charge in [0, 0.05) is 38.3 Å². The van der Waals surface area contributed by atoms with Crippen LogP contribution < -0.4 is 5.32 Å². The molecule has 0 atom stereocenters. The van der Waals surface area contributed by atoms with E-state index >= 15 is 0 Å². The molecule has 0 unspecified atom stereocenters. The van der Waals surface area contributed by atoms with Crippen LogP contribution in [-0.4, -0.2) is 49.7 Å². The number of halogens is 1. The number of hydrogen-bond donors (Lipinski definition) is 1. The van der Waals surface area contributed by atoms with Gasteiger partial charge in [-0.2, -0.15) is 0 Å². The molecular formula is C15H27IN4OS. The largest absolute Gasteiger partial charge is 0.379 e. The second-order valence-corrected chi connectivity index (χ2v) is 6.61. The summed E-state index contributed by atoms with van der Waals surface area (Å²) in [6, 6.07) is 0. The molecular weight excluding hydrogens is 411 g/mol. The third kappa shape index (κ3) is 6.78. The third-order valence-corrected chi connectivity index (χ3v) is 4.68. The van der Waals surface area contributed by atoms with Crippen molar-refractivity contribution in [2.45, 2.75) is 32.7 Å². The standard InChI is InChI=1S/C15H26N4OS.HI/c1-4-13-9-17-14(21-13)10-18-15(16-2)19(3)7-8-20-11-12-5-6-12;/h9,12H,4-8,10-11H2,1-3H3,(H,16,18);1H. The fourth-order valence-corrected chi connectivity index (χ4v) is 2.78. The minimum Gasteiger partial charge on any atom is -0.379 e. The van der Waals surface area contributed by atoms with Crippen molar-refractivity contribution in [3.05, 3.63) is 16.1 Å².